The van der Waals surface area contributed by atoms with Crippen molar-refractivity contribution >= 4 is 5.91 Å². The van der Waals surface area contributed by atoms with Gasteiger partial charge in [0, 0.05) is 18.9 Å². The summed E-state index contributed by atoms with van der Waals surface area (Å²) >= 11 is 0. The Morgan fingerprint density at radius 1 is 1.08 bits per heavy atom. The predicted octanol–water partition coefficient (Wildman–Crippen LogP) is 1.91. The highest BCUT2D eigenvalue weighted by atomic mass is 16.1. The Morgan fingerprint density at radius 3 is 2.42 bits per heavy atom. The van der Waals surface area contributed by atoms with Crippen LogP contribution < -0.4 is 5.32 Å². The highest BCUT2D eigenvalue weighted by molar-refractivity contribution is 5.96. The monoisotopic (exact) mass is 322 g/mol. The highest BCUT2D eigenvalue weighted by Gasteiger charge is 2.13. The van der Waals surface area contributed by atoms with Gasteiger partial charge in [-0.25, -0.2) is 19.6 Å². The zero-order chi connectivity index (χ0) is 17.1. The molecule has 122 valence electrons. The van der Waals surface area contributed by atoms with Crippen molar-refractivity contribution in [2.24, 2.45) is 0 Å². The molecule has 7 heteroatoms. The van der Waals surface area contributed by atoms with Crippen LogP contribution in [0.15, 0.2) is 36.9 Å². The first-order valence-corrected chi connectivity index (χ1v) is 7.58. The molecule has 0 fully saturated rings. The van der Waals surface area contributed by atoms with Crippen LogP contribution in [0.5, 0.6) is 0 Å². The Kier molecular flexibility index (Phi) is 4.33. The molecule has 0 aromatic carbocycles. The molecular weight excluding hydrogens is 304 g/mol. The first kappa shape index (κ1) is 15.8. The Bertz CT molecular complexity index is 849. The van der Waals surface area contributed by atoms with Crippen LogP contribution >= 0.6 is 0 Å². The van der Waals surface area contributed by atoms with Crippen LogP contribution in [0.3, 0.4) is 0 Å². The van der Waals surface area contributed by atoms with Crippen LogP contribution in [0.1, 0.15) is 33.0 Å². The number of rotatable bonds is 4. The van der Waals surface area contributed by atoms with Gasteiger partial charge in [0.05, 0.1) is 22.6 Å². The summed E-state index contributed by atoms with van der Waals surface area (Å²) in [4.78, 5) is 24.8. The number of carbonyl (C=O) groups excluding carboxylic acids is 1. The molecule has 0 aliphatic carbocycles. The van der Waals surface area contributed by atoms with Gasteiger partial charge in [0.25, 0.3) is 5.91 Å². The molecule has 3 heterocycles. The maximum Gasteiger partial charge on any atom is 0.255 e. The van der Waals surface area contributed by atoms with Crippen LogP contribution in [0.25, 0.3) is 5.82 Å². The fourth-order valence-electron chi connectivity index (χ4n) is 2.39. The minimum atomic E-state index is -0.183. The normalized spacial score (nSPS) is 10.6. The van der Waals surface area contributed by atoms with Gasteiger partial charge in [-0.3, -0.25) is 4.79 Å². The lowest BCUT2D eigenvalue weighted by Crippen LogP contribution is -2.25. The van der Waals surface area contributed by atoms with Gasteiger partial charge in [-0.2, -0.15) is 5.10 Å². The fourth-order valence-corrected chi connectivity index (χ4v) is 2.39. The van der Waals surface area contributed by atoms with E-state index >= 15 is 0 Å². The Hall–Kier alpha value is -3.09. The van der Waals surface area contributed by atoms with E-state index in [0.29, 0.717) is 23.5 Å². The fraction of sp³-hybridized carbons (Fsp3) is 0.235. The molecule has 0 unspecified atom stereocenters. The molecule has 1 N–H and O–H groups in total. The smallest absolute Gasteiger partial charge is 0.255 e. The first-order chi connectivity index (χ1) is 11.5. The number of aromatic nitrogens is 5. The van der Waals surface area contributed by atoms with Crippen LogP contribution in [-0.4, -0.2) is 30.6 Å². The summed E-state index contributed by atoms with van der Waals surface area (Å²) in [5.41, 5.74) is 3.70. The quantitative estimate of drug-likeness (QED) is 0.793. The molecule has 0 aliphatic rings. The third-order valence-electron chi connectivity index (χ3n) is 3.67. The average molecular weight is 322 g/mol. The van der Waals surface area contributed by atoms with Gasteiger partial charge in [0.15, 0.2) is 5.82 Å². The third-order valence-corrected chi connectivity index (χ3v) is 3.67. The van der Waals surface area contributed by atoms with E-state index in [-0.39, 0.29) is 5.91 Å². The molecule has 3 aromatic heterocycles. The predicted molar refractivity (Wildman–Crippen MR) is 88.8 cm³/mol. The van der Waals surface area contributed by atoms with Gasteiger partial charge < -0.3 is 5.32 Å². The molecule has 0 saturated carbocycles. The molecule has 24 heavy (non-hydrogen) atoms. The highest BCUT2D eigenvalue weighted by Crippen LogP contribution is 2.09. The van der Waals surface area contributed by atoms with Crippen molar-refractivity contribution in [3.63, 3.8) is 0 Å². The van der Waals surface area contributed by atoms with Gasteiger partial charge in [0.2, 0.25) is 0 Å². The number of hydrogen-bond acceptors (Lipinski definition) is 5. The van der Waals surface area contributed by atoms with Gasteiger partial charge in [-0.1, -0.05) is 6.07 Å². The second kappa shape index (κ2) is 6.57. The number of aryl methyl sites for hydroxylation is 3. The van der Waals surface area contributed by atoms with Crippen molar-refractivity contribution in [1.29, 1.82) is 0 Å². The van der Waals surface area contributed by atoms with Gasteiger partial charge in [0.1, 0.15) is 6.33 Å². The van der Waals surface area contributed by atoms with Crippen molar-refractivity contribution in [3.05, 3.63) is 65.1 Å². The minimum Gasteiger partial charge on any atom is -0.348 e. The lowest BCUT2D eigenvalue weighted by Gasteiger charge is -2.09. The number of amides is 1. The maximum absolute atomic E-state index is 12.3. The van der Waals surface area contributed by atoms with Gasteiger partial charge in [-0.15, -0.1) is 0 Å². The topological polar surface area (TPSA) is 85.6 Å². The summed E-state index contributed by atoms with van der Waals surface area (Å²) in [5, 5.41) is 7.19. The van der Waals surface area contributed by atoms with E-state index in [4.69, 9.17) is 0 Å². The number of nitrogens with one attached hydrogen (secondary N) is 1. The van der Waals surface area contributed by atoms with E-state index < -0.39 is 0 Å². The zero-order valence-corrected chi connectivity index (χ0v) is 13.8. The van der Waals surface area contributed by atoms with Crippen molar-refractivity contribution in [2.75, 3.05) is 0 Å². The molecule has 0 bridgehead atoms. The number of nitrogens with zero attached hydrogens (tertiary/aromatic N) is 5. The number of hydrogen-bond donors (Lipinski definition) is 1. The molecule has 0 saturated heterocycles. The number of pyridine rings is 1. The van der Waals surface area contributed by atoms with E-state index in [1.807, 2.05) is 31.3 Å². The summed E-state index contributed by atoms with van der Waals surface area (Å²) in [6.45, 7) is 5.91. The molecular formula is C17H18N6O. The largest absolute Gasteiger partial charge is 0.348 e. The second-order valence-corrected chi connectivity index (χ2v) is 5.53. The molecule has 0 aliphatic heterocycles. The van der Waals surface area contributed by atoms with Gasteiger partial charge in [-0.05, 0) is 38.5 Å². The van der Waals surface area contributed by atoms with Crippen LogP contribution in [0.4, 0.5) is 0 Å². The Labute approximate surface area is 139 Å². The first-order valence-electron chi connectivity index (χ1n) is 7.58. The van der Waals surface area contributed by atoms with Crippen molar-refractivity contribution in [1.82, 2.24) is 30.0 Å². The summed E-state index contributed by atoms with van der Waals surface area (Å²) in [6.07, 6.45) is 5.05. The van der Waals surface area contributed by atoms with E-state index in [9.17, 15) is 4.79 Å². The molecule has 0 spiro atoms. The SMILES string of the molecule is Cc1ccn(-c2ccc(CNC(=O)c3c(C)ncnc3C)cn2)n1. The van der Waals surface area contributed by atoms with E-state index in [1.54, 1.807) is 24.7 Å². The number of carbonyl (C=O) groups is 1. The van der Waals surface area contributed by atoms with Crippen LogP contribution in [0, 0.1) is 20.8 Å². The Morgan fingerprint density at radius 2 is 1.83 bits per heavy atom. The van der Waals surface area contributed by atoms with Crippen molar-refractivity contribution in [2.45, 2.75) is 27.3 Å². The van der Waals surface area contributed by atoms with Crippen LogP contribution in [-0.2, 0) is 6.54 Å². The van der Waals surface area contributed by atoms with Gasteiger partial charge >= 0.3 is 0 Å². The summed E-state index contributed by atoms with van der Waals surface area (Å²) in [7, 11) is 0. The van der Waals surface area contributed by atoms with E-state index in [1.165, 1.54) is 6.33 Å². The maximum atomic E-state index is 12.3. The van der Waals surface area contributed by atoms with Crippen molar-refractivity contribution < 1.29 is 4.79 Å². The lowest BCUT2D eigenvalue weighted by molar-refractivity contribution is 0.0948. The van der Waals surface area contributed by atoms with E-state index in [2.05, 4.69) is 25.4 Å². The summed E-state index contributed by atoms with van der Waals surface area (Å²) < 4.78 is 1.71. The lowest BCUT2D eigenvalue weighted by atomic mass is 10.1. The third kappa shape index (κ3) is 3.29. The second-order valence-electron chi connectivity index (χ2n) is 5.53. The average Bonchev–Trinajstić information content (AvgIpc) is 3.00. The summed E-state index contributed by atoms with van der Waals surface area (Å²) in [6, 6.07) is 5.71. The standard InChI is InChI=1S/C17H18N6O/c1-11-6-7-23(22-11)15-5-4-14(8-18-15)9-19-17(24)16-12(2)20-10-21-13(16)3/h4-8,10H,9H2,1-3H3,(H,19,24). The summed E-state index contributed by atoms with van der Waals surface area (Å²) in [5.74, 6) is 0.554. The molecule has 3 rings (SSSR count). The molecule has 7 nitrogen and oxygen atoms in total. The minimum absolute atomic E-state index is 0.183. The van der Waals surface area contributed by atoms with Crippen LogP contribution in [0.2, 0.25) is 0 Å². The van der Waals surface area contributed by atoms with E-state index in [0.717, 1.165) is 17.1 Å². The zero-order valence-electron chi connectivity index (χ0n) is 13.8. The molecule has 0 radical (unpaired) electrons. The molecule has 3 aromatic rings. The van der Waals surface area contributed by atoms with Crippen molar-refractivity contribution in [3.8, 4) is 5.82 Å². The molecule has 1 amide bonds. The Balaban J connectivity index is 1.68. The molecule has 0 atom stereocenters.